The number of nitrogens with one attached hydrogen (secondary N) is 1. The van der Waals surface area contributed by atoms with Crippen molar-refractivity contribution in [1.29, 1.82) is 0 Å². The van der Waals surface area contributed by atoms with Gasteiger partial charge in [0.1, 0.15) is 17.8 Å². The van der Waals surface area contributed by atoms with Gasteiger partial charge in [-0.25, -0.2) is 9.97 Å². The molecule has 1 amide bonds. The minimum Gasteiger partial charge on any atom is -0.378 e. The first-order chi connectivity index (χ1) is 11.1. The summed E-state index contributed by atoms with van der Waals surface area (Å²) in [6, 6.07) is 7.15. The Morgan fingerprint density at radius 2 is 2.04 bits per heavy atom. The molecule has 120 valence electrons. The molecule has 2 heterocycles. The standard InChI is InChI=1S/C16H17ClN4O2/c1-11-2-3-13(12(17)8-11)20-16(22)14-9-15(19-10-18-14)21-4-6-23-7-5-21/h2-3,8-10H,4-7H2,1H3,(H,20,22). The second-order valence-electron chi connectivity index (χ2n) is 5.30. The molecule has 1 fully saturated rings. The van der Waals surface area contributed by atoms with Gasteiger partial charge in [-0.3, -0.25) is 4.79 Å². The number of anilines is 2. The second kappa shape index (κ2) is 6.93. The predicted molar refractivity (Wildman–Crippen MR) is 89.2 cm³/mol. The number of morpholine rings is 1. The van der Waals surface area contributed by atoms with E-state index in [0.717, 1.165) is 24.5 Å². The Bertz CT molecular complexity index is 717. The summed E-state index contributed by atoms with van der Waals surface area (Å²) in [6.07, 6.45) is 1.40. The first-order valence-corrected chi connectivity index (χ1v) is 7.73. The van der Waals surface area contributed by atoms with Crippen LogP contribution in [0.2, 0.25) is 5.02 Å². The third kappa shape index (κ3) is 3.78. The fourth-order valence-electron chi connectivity index (χ4n) is 2.34. The first kappa shape index (κ1) is 15.7. The van der Waals surface area contributed by atoms with E-state index in [1.807, 2.05) is 13.0 Å². The predicted octanol–water partition coefficient (Wildman–Crippen LogP) is 2.53. The van der Waals surface area contributed by atoms with Crippen molar-refractivity contribution in [1.82, 2.24) is 9.97 Å². The van der Waals surface area contributed by atoms with Crippen LogP contribution in [-0.2, 0) is 4.74 Å². The third-order valence-corrected chi connectivity index (χ3v) is 3.91. The number of halogens is 1. The first-order valence-electron chi connectivity index (χ1n) is 7.36. The van der Waals surface area contributed by atoms with Crippen LogP contribution in [0, 0.1) is 6.92 Å². The Morgan fingerprint density at radius 3 is 2.78 bits per heavy atom. The van der Waals surface area contributed by atoms with E-state index >= 15 is 0 Å². The van der Waals surface area contributed by atoms with Crippen LogP contribution in [0.3, 0.4) is 0 Å². The normalized spacial score (nSPS) is 14.6. The lowest BCUT2D eigenvalue weighted by molar-refractivity contribution is 0.102. The van der Waals surface area contributed by atoms with Crippen molar-refractivity contribution in [3.05, 3.63) is 46.9 Å². The number of aryl methyl sites for hydroxylation is 1. The summed E-state index contributed by atoms with van der Waals surface area (Å²) in [5.41, 5.74) is 1.90. The number of rotatable bonds is 3. The van der Waals surface area contributed by atoms with Gasteiger partial charge in [0, 0.05) is 19.2 Å². The zero-order chi connectivity index (χ0) is 16.2. The lowest BCUT2D eigenvalue weighted by atomic mass is 10.2. The van der Waals surface area contributed by atoms with Crippen molar-refractivity contribution in [2.45, 2.75) is 6.92 Å². The average molecular weight is 333 g/mol. The summed E-state index contributed by atoms with van der Waals surface area (Å²) in [4.78, 5) is 22.7. The number of ether oxygens (including phenoxy) is 1. The Hall–Kier alpha value is -2.18. The Balaban J connectivity index is 1.76. The molecule has 0 bridgehead atoms. The molecule has 7 heteroatoms. The van der Waals surface area contributed by atoms with Gasteiger partial charge >= 0.3 is 0 Å². The molecule has 3 rings (SSSR count). The maximum atomic E-state index is 12.4. The quantitative estimate of drug-likeness (QED) is 0.935. The summed E-state index contributed by atoms with van der Waals surface area (Å²) in [5.74, 6) is 0.413. The Morgan fingerprint density at radius 1 is 1.26 bits per heavy atom. The number of aromatic nitrogens is 2. The largest absolute Gasteiger partial charge is 0.378 e. The van der Waals surface area contributed by atoms with Crippen LogP contribution in [0.5, 0.6) is 0 Å². The van der Waals surface area contributed by atoms with Crippen LogP contribution in [0.15, 0.2) is 30.6 Å². The summed E-state index contributed by atoms with van der Waals surface area (Å²) >= 11 is 6.14. The fourth-order valence-corrected chi connectivity index (χ4v) is 2.63. The Labute approximate surface area is 139 Å². The zero-order valence-electron chi connectivity index (χ0n) is 12.8. The van der Waals surface area contributed by atoms with E-state index in [1.165, 1.54) is 6.33 Å². The molecule has 0 aliphatic carbocycles. The molecule has 0 saturated carbocycles. The smallest absolute Gasteiger partial charge is 0.274 e. The van der Waals surface area contributed by atoms with Crippen LogP contribution in [0.4, 0.5) is 11.5 Å². The summed E-state index contributed by atoms with van der Waals surface area (Å²) < 4.78 is 5.32. The third-order valence-electron chi connectivity index (χ3n) is 3.59. The highest BCUT2D eigenvalue weighted by atomic mass is 35.5. The number of carbonyl (C=O) groups excluding carboxylic acids is 1. The molecule has 0 unspecified atom stereocenters. The summed E-state index contributed by atoms with van der Waals surface area (Å²) in [5, 5.41) is 3.28. The topological polar surface area (TPSA) is 67.4 Å². The van der Waals surface area contributed by atoms with Gasteiger partial charge in [-0.2, -0.15) is 0 Å². The highest BCUT2D eigenvalue weighted by Crippen LogP contribution is 2.23. The van der Waals surface area contributed by atoms with Crippen molar-refractivity contribution in [3.8, 4) is 0 Å². The number of carbonyl (C=O) groups is 1. The van der Waals surface area contributed by atoms with Gasteiger partial charge in [0.15, 0.2) is 0 Å². The lowest BCUT2D eigenvalue weighted by Gasteiger charge is -2.27. The van der Waals surface area contributed by atoms with Crippen LogP contribution < -0.4 is 10.2 Å². The molecule has 0 radical (unpaired) electrons. The van der Waals surface area contributed by atoms with Crippen LogP contribution in [0.25, 0.3) is 0 Å². The van der Waals surface area contributed by atoms with Crippen molar-refractivity contribution < 1.29 is 9.53 Å². The number of hydrogen-bond acceptors (Lipinski definition) is 5. The summed E-state index contributed by atoms with van der Waals surface area (Å²) in [6.45, 7) is 4.76. The molecular formula is C16H17ClN4O2. The zero-order valence-corrected chi connectivity index (χ0v) is 13.5. The minimum absolute atomic E-state index is 0.304. The average Bonchev–Trinajstić information content (AvgIpc) is 2.58. The van der Waals surface area contributed by atoms with Crippen LogP contribution in [-0.4, -0.2) is 42.2 Å². The fraction of sp³-hybridized carbons (Fsp3) is 0.312. The van der Waals surface area contributed by atoms with Gasteiger partial charge in [-0.1, -0.05) is 17.7 Å². The number of nitrogens with zero attached hydrogens (tertiary/aromatic N) is 3. The maximum absolute atomic E-state index is 12.4. The molecule has 1 N–H and O–H groups in total. The van der Waals surface area contributed by atoms with E-state index in [0.29, 0.717) is 29.6 Å². The molecule has 1 saturated heterocycles. The Kier molecular flexibility index (Phi) is 4.73. The van der Waals surface area contributed by atoms with Gasteiger partial charge in [-0.15, -0.1) is 0 Å². The van der Waals surface area contributed by atoms with E-state index in [-0.39, 0.29) is 5.91 Å². The lowest BCUT2D eigenvalue weighted by Crippen LogP contribution is -2.37. The molecule has 23 heavy (non-hydrogen) atoms. The number of amides is 1. The molecule has 0 spiro atoms. The molecule has 1 aromatic carbocycles. The van der Waals surface area contributed by atoms with Crippen molar-refractivity contribution >= 4 is 29.0 Å². The molecular weight excluding hydrogens is 316 g/mol. The monoisotopic (exact) mass is 332 g/mol. The van der Waals surface area contributed by atoms with E-state index < -0.39 is 0 Å². The van der Waals surface area contributed by atoms with E-state index in [1.54, 1.807) is 18.2 Å². The second-order valence-corrected chi connectivity index (χ2v) is 5.71. The summed E-state index contributed by atoms with van der Waals surface area (Å²) in [7, 11) is 0. The van der Waals surface area contributed by atoms with E-state index in [9.17, 15) is 4.79 Å². The van der Waals surface area contributed by atoms with Crippen LogP contribution in [0.1, 0.15) is 16.1 Å². The van der Waals surface area contributed by atoms with E-state index in [2.05, 4.69) is 20.2 Å². The molecule has 1 aliphatic heterocycles. The molecule has 1 aromatic heterocycles. The van der Waals surface area contributed by atoms with E-state index in [4.69, 9.17) is 16.3 Å². The molecule has 1 aliphatic rings. The van der Waals surface area contributed by atoms with Crippen LogP contribution >= 0.6 is 11.6 Å². The number of benzene rings is 1. The van der Waals surface area contributed by atoms with Gasteiger partial charge in [0.25, 0.3) is 5.91 Å². The van der Waals surface area contributed by atoms with Gasteiger partial charge in [0.2, 0.25) is 0 Å². The maximum Gasteiger partial charge on any atom is 0.274 e. The molecule has 2 aromatic rings. The molecule has 6 nitrogen and oxygen atoms in total. The van der Waals surface area contributed by atoms with Gasteiger partial charge in [-0.05, 0) is 24.6 Å². The molecule has 0 atom stereocenters. The SMILES string of the molecule is Cc1ccc(NC(=O)c2cc(N3CCOCC3)ncn2)c(Cl)c1. The van der Waals surface area contributed by atoms with Gasteiger partial charge in [0.05, 0.1) is 23.9 Å². The number of hydrogen-bond donors (Lipinski definition) is 1. The van der Waals surface area contributed by atoms with Gasteiger partial charge < -0.3 is 15.0 Å². The highest BCUT2D eigenvalue weighted by Gasteiger charge is 2.16. The van der Waals surface area contributed by atoms with Crippen molar-refractivity contribution in [2.75, 3.05) is 36.5 Å². The van der Waals surface area contributed by atoms with Crippen molar-refractivity contribution in [3.63, 3.8) is 0 Å². The highest BCUT2D eigenvalue weighted by molar-refractivity contribution is 6.34. The van der Waals surface area contributed by atoms with Crippen molar-refractivity contribution in [2.24, 2.45) is 0 Å². The minimum atomic E-state index is -0.312.